The first kappa shape index (κ1) is 12.5. The first-order valence-electron chi connectivity index (χ1n) is 5.47. The van der Waals surface area contributed by atoms with Crippen molar-refractivity contribution < 1.29 is 19.4 Å². The second-order valence-corrected chi connectivity index (χ2v) is 4.13. The van der Waals surface area contributed by atoms with Gasteiger partial charge in [0.15, 0.2) is 5.69 Å². The molecule has 1 aliphatic rings. The van der Waals surface area contributed by atoms with Crippen LogP contribution >= 0.6 is 0 Å². The number of carboxylic acid groups (broad SMARTS) is 1. The maximum atomic E-state index is 11.9. The van der Waals surface area contributed by atoms with Crippen LogP contribution in [0.15, 0.2) is 0 Å². The molecule has 8 nitrogen and oxygen atoms in total. The number of ether oxygens (including phenoxy) is 1. The molecular weight excluding hydrogens is 240 g/mol. The molecule has 0 spiro atoms. The summed E-state index contributed by atoms with van der Waals surface area (Å²) in [6.45, 7) is 0.681. The van der Waals surface area contributed by atoms with Gasteiger partial charge in [-0.15, -0.1) is 5.10 Å². The van der Waals surface area contributed by atoms with E-state index in [2.05, 4.69) is 10.3 Å². The number of likely N-dealkylation sites (tertiary alicyclic amines) is 1. The second-order valence-electron chi connectivity index (χ2n) is 4.13. The summed E-state index contributed by atoms with van der Waals surface area (Å²) in [5, 5.41) is 16.4. The molecule has 1 saturated heterocycles. The summed E-state index contributed by atoms with van der Waals surface area (Å²) in [6, 6.07) is -0.485. The van der Waals surface area contributed by atoms with Crippen LogP contribution in [0, 0.1) is 0 Å². The minimum Gasteiger partial charge on any atom is -0.476 e. The van der Waals surface area contributed by atoms with Crippen LogP contribution in [-0.2, 0) is 16.1 Å². The van der Waals surface area contributed by atoms with Crippen LogP contribution in [0.2, 0.25) is 0 Å². The molecule has 1 unspecified atom stereocenters. The number of methoxy groups -OCH3 is 1. The van der Waals surface area contributed by atoms with Gasteiger partial charge >= 0.3 is 5.97 Å². The van der Waals surface area contributed by atoms with Crippen LogP contribution in [0.1, 0.15) is 28.6 Å². The lowest BCUT2D eigenvalue weighted by atomic mass is 10.2. The summed E-state index contributed by atoms with van der Waals surface area (Å²) in [5.74, 6) is -1.26. The zero-order valence-corrected chi connectivity index (χ0v) is 10.2. The molecule has 2 rings (SSSR count). The summed E-state index contributed by atoms with van der Waals surface area (Å²) < 4.78 is 6.31. The van der Waals surface area contributed by atoms with Crippen molar-refractivity contribution >= 4 is 11.9 Å². The van der Waals surface area contributed by atoms with Crippen LogP contribution < -0.4 is 0 Å². The molecule has 2 heterocycles. The van der Waals surface area contributed by atoms with E-state index in [4.69, 9.17) is 9.84 Å². The number of rotatable bonds is 4. The molecule has 0 aliphatic carbocycles. The van der Waals surface area contributed by atoms with Crippen LogP contribution in [0.3, 0.4) is 0 Å². The molecule has 1 fully saturated rings. The SMILES string of the molecule is COCc1c(C(=O)O)nnn1C1CCN(C)C1=O. The monoisotopic (exact) mass is 254 g/mol. The lowest BCUT2D eigenvalue weighted by Crippen LogP contribution is -2.26. The van der Waals surface area contributed by atoms with Crippen molar-refractivity contribution in [1.29, 1.82) is 0 Å². The van der Waals surface area contributed by atoms with Crippen molar-refractivity contribution in [3.8, 4) is 0 Å². The van der Waals surface area contributed by atoms with E-state index >= 15 is 0 Å². The third-order valence-corrected chi connectivity index (χ3v) is 2.97. The van der Waals surface area contributed by atoms with Crippen LogP contribution in [-0.4, -0.2) is 57.6 Å². The fourth-order valence-corrected chi connectivity index (χ4v) is 2.03. The molecule has 1 amide bonds. The van der Waals surface area contributed by atoms with Crippen LogP contribution in [0.4, 0.5) is 0 Å². The van der Waals surface area contributed by atoms with Crippen molar-refractivity contribution in [3.63, 3.8) is 0 Å². The molecule has 1 aromatic rings. The van der Waals surface area contributed by atoms with Crippen molar-refractivity contribution in [2.24, 2.45) is 0 Å². The third-order valence-electron chi connectivity index (χ3n) is 2.97. The Balaban J connectivity index is 2.39. The third kappa shape index (κ3) is 1.94. The number of aromatic carboxylic acids is 1. The topological polar surface area (TPSA) is 97.6 Å². The maximum absolute atomic E-state index is 11.9. The van der Waals surface area contributed by atoms with Crippen LogP contribution in [0.25, 0.3) is 0 Å². The van der Waals surface area contributed by atoms with Crippen molar-refractivity contribution in [3.05, 3.63) is 11.4 Å². The highest BCUT2D eigenvalue weighted by atomic mass is 16.5. The largest absolute Gasteiger partial charge is 0.476 e. The van der Waals surface area contributed by atoms with E-state index in [1.54, 1.807) is 11.9 Å². The summed E-state index contributed by atoms with van der Waals surface area (Å²) in [5.41, 5.74) is 0.151. The number of likely N-dealkylation sites (N-methyl/N-ethyl adjacent to an activating group) is 1. The van der Waals surface area contributed by atoms with Gasteiger partial charge in [0.05, 0.1) is 6.61 Å². The molecule has 0 bridgehead atoms. The zero-order valence-electron chi connectivity index (χ0n) is 10.2. The van der Waals surface area contributed by atoms with Crippen molar-refractivity contribution in [1.82, 2.24) is 19.9 Å². The van der Waals surface area contributed by atoms with Gasteiger partial charge in [0.2, 0.25) is 5.91 Å². The molecule has 8 heteroatoms. The number of aromatic nitrogens is 3. The minimum absolute atomic E-state index is 0.0577. The van der Waals surface area contributed by atoms with Gasteiger partial charge in [-0.2, -0.15) is 0 Å². The Hall–Kier alpha value is -1.96. The van der Waals surface area contributed by atoms with E-state index in [1.165, 1.54) is 11.8 Å². The highest BCUT2D eigenvalue weighted by Gasteiger charge is 2.34. The summed E-state index contributed by atoms with van der Waals surface area (Å²) in [4.78, 5) is 24.5. The van der Waals surface area contributed by atoms with Gasteiger partial charge in [-0.1, -0.05) is 5.21 Å². The van der Waals surface area contributed by atoms with Gasteiger partial charge in [0.1, 0.15) is 11.7 Å². The number of carbonyl (C=O) groups is 2. The molecular formula is C10H14N4O4. The second kappa shape index (κ2) is 4.73. The van der Waals surface area contributed by atoms with Gasteiger partial charge in [-0.25, -0.2) is 9.48 Å². The molecule has 1 N–H and O–H groups in total. The molecule has 1 aromatic heterocycles. The Labute approximate surface area is 103 Å². The van der Waals surface area contributed by atoms with E-state index in [0.29, 0.717) is 18.7 Å². The van der Waals surface area contributed by atoms with E-state index in [-0.39, 0.29) is 18.2 Å². The lowest BCUT2D eigenvalue weighted by molar-refractivity contribution is -0.129. The first-order chi connectivity index (χ1) is 8.56. The number of carboxylic acids is 1. The molecule has 98 valence electrons. The first-order valence-corrected chi connectivity index (χ1v) is 5.47. The summed E-state index contributed by atoms with van der Waals surface area (Å²) in [7, 11) is 3.15. The van der Waals surface area contributed by atoms with Crippen molar-refractivity contribution in [2.75, 3.05) is 20.7 Å². The fourth-order valence-electron chi connectivity index (χ4n) is 2.03. The molecule has 0 radical (unpaired) electrons. The minimum atomic E-state index is -1.17. The predicted molar refractivity (Wildman–Crippen MR) is 59.0 cm³/mol. The summed E-state index contributed by atoms with van der Waals surface area (Å²) in [6.07, 6.45) is 0.592. The molecule has 18 heavy (non-hydrogen) atoms. The fraction of sp³-hybridized carbons (Fsp3) is 0.600. The normalized spacial score (nSPS) is 19.6. The molecule has 1 atom stereocenters. The van der Waals surface area contributed by atoms with Gasteiger partial charge < -0.3 is 14.7 Å². The maximum Gasteiger partial charge on any atom is 0.358 e. The quantitative estimate of drug-likeness (QED) is 0.779. The molecule has 0 saturated carbocycles. The van der Waals surface area contributed by atoms with Crippen molar-refractivity contribution in [2.45, 2.75) is 19.1 Å². The Kier molecular flexibility index (Phi) is 3.28. The molecule has 0 aromatic carbocycles. The Morgan fingerprint density at radius 3 is 2.83 bits per heavy atom. The van der Waals surface area contributed by atoms with Gasteiger partial charge in [-0.3, -0.25) is 4.79 Å². The average molecular weight is 254 g/mol. The Morgan fingerprint density at radius 1 is 1.61 bits per heavy atom. The Bertz CT molecular complexity index is 484. The van der Waals surface area contributed by atoms with Gasteiger partial charge in [-0.05, 0) is 6.42 Å². The van der Waals surface area contributed by atoms with E-state index in [9.17, 15) is 9.59 Å². The number of nitrogens with zero attached hydrogens (tertiary/aromatic N) is 4. The van der Waals surface area contributed by atoms with Gasteiger partial charge in [0, 0.05) is 20.7 Å². The predicted octanol–water partition coefficient (Wildman–Crippen LogP) is -0.474. The standard InChI is InChI=1S/C10H14N4O4/c1-13-4-3-6(9(13)15)14-7(5-18-2)8(10(16)17)11-12-14/h6H,3-5H2,1-2H3,(H,16,17). The number of hydrogen-bond donors (Lipinski definition) is 1. The highest BCUT2D eigenvalue weighted by Crippen LogP contribution is 2.24. The number of carbonyl (C=O) groups excluding carboxylic acids is 1. The highest BCUT2D eigenvalue weighted by molar-refractivity contribution is 5.87. The van der Waals surface area contributed by atoms with E-state index < -0.39 is 12.0 Å². The van der Waals surface area contributed by atoms with E-state index in [0.717, 1.165) is 0 Å². The Morgan fingerprint density at radius 2 is 2.33 bits per heavy atom. The lowest BCUT2D eigenvalue weighted by Gasteiger charge is -2.12. The molecule has 1 aliphatic heterocycles. The van der Waals surface area contributed by atoms with Crippen LogP contribution in [0.5, 0.6) is 0 Å². The van der Waals surface area contributed by atoms with Gasteiger partial charge in [0.25, 0.3) is 0 Å². The number of hydrogen-bond acceptors (Lipinski definition) is 5. The zero-order chi connectivity index (χ0) is 13.3. The summed E-state index contributed by atoms with van der Waals surface area (Å²) >= 11 is 0. The number of amides is 1. The smallest absolute Gasteiger partial charge is 0.358 e. The average Bonchev–Trinajstić information content (AvgIpc) is 2.86. The van der Waals surface area contributed by atoms with E-state index in [1.807, 2.05) is 0 Å².